The van der Waals surface area contributed by atoms with Gasteiger partial charge in [0.15, 0.2) is 5.82 Å². The molecular weight excluding hydrogens is 344 g/mol. The monoisotopic (exact) mass is 358 g/mol. The normalized spacial score (nSPS) is 10.9. The molecule has 0 radical (unpaired) electrons. The van der Waals surface area contributed by atoms with Gasteiger partial charge in [0.05, 0.1) is 6.54 Å². The minimum absolute atomic E-state index is 0.311. The van der Waals surface area contributed by atoms with E-state index in [2.05, 4.69) is 31.5 Å². The van der Waals surface area contributed by atoms with E-state index < -0.39 is 0 Å². The largest absolute Gasteiger partial charge is 0.508 e. The number of aryl methyl sites for hydroxylation is 2. The van der Waals surface area contributed by atoms with Gasteiger partial charge in [0.25, 0.3) is 0 Å². The molecule has 0 amide bonds. The van der Waals surface area contributed by atoms with Crippen molar-refractivity contribution < 1.29 is 5.11 Å². The number of phenolic OH excluding ortho intramolecular Hbond substituents is 1. The van der Waals surface area contributed by atoms with E-state index in [0.717, 1.165) is 32.6 Å². The Morgan fingerprint density at radius 3 is 2.55 bits per heavy atom. The third-order valence-corrected chi connectivity index (χ3v) is 4.14. The van der Waals surface area contributed by atoms with E-state index >= 15 is 0 Å². The number of nitrogens with zero attached hydrogens (tertiary/aromatic N) is 4. The van der Waals surface area contributed by atoms with E-state index in [1.165, 1.54) is 0 Å². The average molecular weight is 359 g/mol. The van der Waals surface area contributed by atoms with Crippen molar-refractivity contribution in [3.8, 4) is 17.1 Å². The zero-order chi connectivity index (χ0) is 15.7. The van der Waals surface area contributed by atoms with E-state index in [0.29, 0.717) is 12.3 Å². The lowest BCUT2D eigenvalue weighted by atomic mass is 10.0. The standard InChI is InChI=1S/C16H15BrN4O/c1-10-8-15(22)11(2)7-13(10)9-21-16(18-19-20-21)12-3-5-14(17)6-4-12/h3-8,22H,9H2,1-2H3. The van der Waals surface area contributed by atoms with Crippen LogP contribution >= 0.6 is 15.9 Å². The van der Waals surface area contributed by atoms with Gasteiger partial charge in [-0.1, -0.05) is 34.1 Å². The number of tetrazole rings is 1. The molecule has 0 aliphatic heterocycles. The van der Waals surface area contributed by atoms with E-state index in [4.69, 9.17) is 0 Å². The molecular formula is C16H15BrN4O. The van der Waals surface area contributed by atoms with Crippen LogP contribution in [0.1, 0.15) is 16.7 Å². The first-order valence-corrected chi connectivity index (χ1v) is 7.65. The topological polar surface area (TPSA) is 63.8 Å². The maximum Gasteiger partial charge on any atom is 0.182 e. The SMILES string of the molecule is Cc1cc(Cn2nnnc2-c2ccc(Br)cc2)c(C)cc1O. The van der Waals surface area contributed by atoms with Gasteiger partial charge >= 0.3 is 0 Å². The zero-order valence-electron chi connectivity index (χ0n) is 12.3. The minimum atomic E-state index is 0.311. The number of hydrogen-bond donors (Lipinski definition) is 1. The Balaban J connectivity index is 1.96. The zero-order valence-corrected chi connectivity index (χ0v) is 13.9. The Hall–Kier alpha value is -2.21. The Bertz CT molecular complexity index is 812. The third kappa shape index (κ3) is 2.87. The fourth-order valence-electron chi connectivity index (χ4n) is 2.31. The first-order chi connectivity index (χ1) is 10.5. The predicted octanol–water partition coefficient (Wildman–Crippen LogP) is 3.47. The quantitative estimate of drug-likeness (QED) is 0.778. The summed E-state index contributed by atoms with van der Waals surface area (Å²) in [5, 5.41) is 21.8. The summed E-state index contributed by atoms with van der Waals surface area (Å²) in [5.74, 6) is 1.03. The Kier molecular flexibility index (Phi) is 3.94. The van der Waals surface area contributed by atoms with Crippen molar-refractivity contribution in [1.29, 1.82) is 0 Å². The highest BCUT2D eigenvalue weighted by atomic mass is 79.9. The first kappa shape index (κ1) is 14.7. The van der Waals surface area contributed by atoms with Crippen LogP contribution in [0.3, 0.4) is 0 Å². The van der Waals surface area contributed by atoms with Crippen molar-refractivity contribution in [3.05, 3.63) is 57.6 Å². The third-order valence-electron chi connectivity index (χ3n) is 3.61. The average Bonchev–Trinajstić information content (AvgIpc) is 2.94. The first-order valence-electron chi connectivity index (χ1n) is 6.86. The second kappa shape index (κ2) is 5.88. The number of aromatic hydroxyl groups is 1. The van der Waals surface area contributed by atoms with Gasteiger partial charge < -0.3 is 5.11 Å². The Labute approximate surface area is 136 Å². The maximum atomic E-state index is 9.76. The van der Waals surface area contributed by atoms with E-state index in [1.54, 1.807) is 10.7 Å². The Morgan fingerprint density at radius 2 is 1.82 bits per heavy atom. The molecule has 3 aromatic rings. The summed E-state index contributed by atoms with van der Waals surface area (Å²) in [6.45, 7) is 4.41. The summed E-state index contributed by atoms with van der Waals surface area (Å²) in [5.41, 5.74) is 3.90. The van der Waals surface area contributed by atoms with Crippen molar-refractivity contribution in [3.63, 3.8) is 0 Å². The molecule has 0 unspecified atom stereocenters. The molecule has 1 aromatic heterocycles. The highest BCUT2D eigenvalue weighted by Gasteiger charge is 2.11. The second-order valence-corrected chi connectivity index (χ2v) is 6.15. The van der Waals surface area contributed by atoms with Crippen LogP contribution in [0.4, 0.5) is 0 Å². The van der Waals surface area contributed by atoms with E-state index in [-0.39, 0.29) is 0 Å². The van der Waals surface area contributed by atoms with Crippen molar-refractivity contribution in [2.24, 2.45) is 0 Å². The molecule has 22 heavy (non-hydrogen) atoms. The number of phenols is 1. The lowest BCUT2D eigenvalue weighted by Gasteiger charge is -2.10. The smallest absolute Gasteiger partial charge is 0.182 e. The van der Waals surface area contributed by atoms with Crippen molar-refractivity contribution in [2.45, 2.75) is 20.4 Å². The Morgan fingerprint density at radius 1 is 1.09 bits per heavy atom. The number of rotatable bonds is 3. The van der Waals surface area contributed by atoms with Crippen LogP contribution < -0.4 is 0 Å². The molecule has 0 spiro atoms. The van der Waals surface area contributed by atoms with E-state index in [9.17, 15) is 5.11 Å². The molecule has 0 aliphatic carbocycles. The molecule has 1 heterocycles. The summed E-state index contributed by atoms with van der Waals surface area (Å²) in [7, 11) is 0. The molecule has 3 rings (SSSR count). The highest BCUT2D eigenvalue weighted by molar-refractivity contribution is 9.10. The highest BCUT2D eigenvalue weighted by Crippen LogP contribution is 2.24. The minimum Gasteiger partial charge on any atom is -0.508 e. The molecule has 2 aromatic carbocycles. The van der Waals surface area contributed by atoms with Crippen LogP contribution in [0.15, 0.2) is 40.9 Å². The lowest BCUT2D eigenvalue weighted by Crippen LogP contribution is -2.06. The fourth-order valence-corrected chi connectivity index (χ4v) is 2.57. The molecule has 0 saturated carbocycles. The molecule has 0 bridgehead atoms. The number of aromatic nitrogens is 4. The molecule has 6 heteroatoms. The molecule has 0 aliphatic rings. The maximum absolute atomic E-state index is 9.76. The van der Waals surface area contributed by atoms with Gasteiger partial charge in [-0.25, -0.2) is 4.68 Å². The van der Waals surface area contributed by atoms with Gasteiger partial charge in [0, 0.05) is 10.0 Å². The predicted molar refractivity (Wildman–Crippen MR) is 87.6 cm³/mol. The van der Waals surface area contributed by atoms with Crippen molar-refractivity contribution >= 4 is 15.9 Å². The molecule has 0 atom stereocenters. The fraction of sp³-hybridized carbons (Fsp3) is 0.188. The van der Waals surface area contributed by atoms with Crippen LogP contribution in [0, 0.1) is 13.8 Å². The molecule has 0 fully saturated rings. The van der Waals surface area contributed by atoms with Gasteiger partial charge in [-0.2, -0.15) is 0 Å². The van der Waals surface area contributed by atoms with E-state index in [1.807, 2.05) is 44.2 Å². The molecule has 1 N–H and O–H groups in total. The van der Waals surface area contributed by atoms with Crippen LogP contribution in [-0.2, 0) is 6.54 Å². The summed E-state index contributed by atoms with van der Waals surface area (Å²) in [6, 6.07) is 11.6. The summed E-state index contributed by atoms with van der Waals surface area (Å²) < 4.78 is 2.78. The molecule has 112 valence electrons. The lowest BCUT2D eigenvalue weighted by molar-refractivity contribution is 0.470. The van der Waals surface area contributed by atoms with Crippen molar-refractivity contribution in [2.75, 3.05) is 0 Å². The molecule has 0 saturated heterocycles. The summed E-state index contributed by atoms with van der Waals surface area (Å²) in [6.07, 6.45) is 0. The van der Waals surface area contributed by atoms with Gasteiger partial charge in [0.2, 0.25) is 0 Å². The van der Waals surface area contributed by atoms with Crippen molar-refractivity contribution in [1.82, 2.24) is 20.2 Å². The van der Waals surface area contributed by atoms with Gasteiger partial charge in [-0.3, -0.25) is 0 Å². The summed E-state index contributed by atoms with van der Waals surface area (Å²) in [4.78, 5) is 0. The number of hydrogen-bond acceptors (Lipinski definition) is 4. The van der Waals surface area contributed by atoms with Crippen LogP contribution in [-0.4, -0.2) is 25.3 Å². The number of halogens is 1. The number of benzene rings is 2. The van der Waals surface area contributed by atoms with Gasteiger partial charge in [0.1, 0.15) is 5.75 Å². The van der Waals surface area contributed by atoms with Gasteiger partial charge in [-0.05, 0) is 59.2 Å². The van der Waals surface area contributed by atoms with Crippen LogP contribution in [0.5, 0.6) is 5.75 Å². The second-order valence-electron chi connectivity index (χ2n) is 5.23. The van der Waals surface area contributed by atoms with Crippen LogP contribution in [0.25, 0.3) is 11.4 Å². The van der Waals surface area contributed by atoms with Crippen LogP contribution in [0.2, 0.25) is 0 Å². The van der Waals surface area contributed by atoms with Gasteiger partial charge in [-0.15, -0.1) is 5.10 Å². The molecule has 5 nitrogen and oxygen atoms in total. The summed E-state index contributed by atoms with van der Waals surface area (Å²) >= 11 is 3.42.